The lowest BCUT2D eigenvalue weighted by molar-refractivity contribution is -0.145. The van der Waals surface area contributed by atoms with Crippen LogP contribution in [0.5, 0.6) is 0 Å². The third kappa shape index (κ3) is 5.09. The van der Waals surface area contributed by atoms with Crippen molar-refractivity contribution in [2.45, 2.75) is 64.2 Å². The highest BCUT2D eigenvalue weighted by Gasteiger charge is 2.45. The molecule has 112 valence electrons. The summed E-state index contributed by atoms with van der Waals surface area (Å²) in [5.41, 5.74) is -0.792. The SMILES string of the molecule is CCCNC1(C(=O)O)CCC(OCCOC(C)C)C1. The first kappa shape index (κ1) is 16.4. The van der Waals surface area contributed by atoms with Crippen LogP contribution in [0.1, 0.15) is 46.5 Å². The van der Waals surface area contributed by atoms with Gasteiger partial charge in [0.2, 0.25) is 0 Å². The Labute approximate surface area is 115 Å². The fraction of sp³-hybridized carbons (Fsp3) is 0.929. The molecule has 1 rings (SSSR count). The van der Waals surface area contributed by atoms with Crippen LogP contribution in [0.2, 0.25) is 0 Å². The maximum Gasteiger partial charge on any atom is 0.323 e. The zero-order chi connectivity index (χ0) is 14.3. The van der Waals surface area contributed by atoms with Gasteiger partial charge in [0, 0.05) is 6.42 Å². The average molecular weight is 273 g/mol. The molecule has 5 nitrogen and oxygen atoms in total. The Hall–Kier alpha value is -0.650. The Bertz CT molecular complexity index is 283. The lowest BCUT2D eigenvalue weighted by Gasteiger charge is -2.25. The molecule has 1 fully saturated rings. The minimum atomic E-state index is -0.792. The second-order valence-electron chi connectivity index (χ2n) is 5.47. The molecule has 0 aliphatic heterocycles. The van der Waals surface area contributed by atoms with Gasteiger partial charge in [0.25, 0.3) is 0 Å². The lowest BCUT2D eigenvalue weighted by Crippen LogP contribution is -2.50. The normalized spacial score (nSPS) is 27.1. The number of hydrogen-bond donors (Lipinski definition) is 2. The number of carbonyl (C=O) groups is 1. The molecule has 0 spiro atoms. The molecule has 2 atom stereocenters. The van der Waals surface area contributed by atoms with Crippen molar-refractivity contribution in [2.75, 3.05) is 19.8 Å². The van der Waals surface area contributed by atoms with E-state index >= 15 is 0 Å². The molecule has 1 saturated carbocycles. The summed E-state index contributed by atoms with van der Waals surface area (Å²) in [4.78, 5) is 11.5. The van der Waals surface area contributed by atoms with E-state index in [0.29, 0.717) is 26.1 Å². The summed E-state index contributed by atoms with van der Waals surface area (Å²) < 4.78 is 11.1. The van der Waals surface area contributed by atoms with Crippen LogP contribution in [0.15, 0.2) is 0 Å². The molecule has 1 aliphatic carbocycles. The molecule has 0 radical (unpaired) electrons. The zero-order valence-corrected chi connectivity index (χ0v) is 12.3. The van der Waals surface area contributed by atoms with E-state index in [1.807, 2.05) is 20.8 Å². The van der Waals surface area contributed by atoms with Crippen molar-refractivity contribution in [3.05, 3.63) is 0 Å². The van der Waals surface area contributed by atoms with Crippen LogP contribution >= 0.6 is 0 Å². The van der Waals surface area contributed by atoms with Gasteiger partial charge in [-0.25, -0.2) is 0 Å². The summed E-state index contributed by atoms with van der Waals surface area (Å²) in [6, 6.07) is 0. The Balaban J connectivity index is 2.34. The molecule has 2 N–H and O–H groups in total. The standard InChI is InChI=1S/C14H27NO4/c1-4-7-15-14(13(16)17)6-5-12(10-14)19-9-8-18-11(2)3/h11-12,15H,4-10H2,1-3H3,(H,16,17). The van der Waals surface area contributed by atoms with Gasteiger partial charge < -0.3 is 19.9 Å². The van der Waals surface area contributed by atoms with Crippen LogP contribution in [0.25, 0.3) is 0 Å². The highest BCUT2D eigenvalue weighted by molar-refractivity contribution is 5.79. The molecule has 0 amide bonds. The van der Waals surface area contributed by atoms with Crippen molar-refractivity contribution in [1.82, 2.24) is 5.32 Å². The Morgan fingerprint density at radius 2 is 2.21 bits per heavy atom. The molecule has 0 heterocycles. The fourth-order valence-electron chi connectivity index (χ4n) is 2.44. The van der Waals surface area contributed by atoms with Crippen molar-refractivity contribution in [3.8, 4) is 0 Å². The number of aliphatic carboxylic acids is 1. The van der Waals surface area contributed by atoms with Crippen LogP contribution in [-0.2, 0) is 14.3 Å². The summed E-state index contributed by atoms with van der Waals surface area (Å²) in [7, 11) is 0. The van der Waals surface area contributed by atoms with E-state index in [0.717, 1.165) is 19.4 Å². The second kappa shape index (κ2) is 7.82. The Kier molecular flexibility index (Phi) is 6.75. The third-order valence-electron chi connectivity index (χ3n) is 3.48. The van der Waals surface area contributed by atoms with Gasteiger partial charge in [-0.05, 0) is 39.7 Å². The molecule has 2 unspecified atom stereocenters. The van der Waals surface area contributed by atoms with E-state index in [1.165, 1.54) is 0 Å². The summed E-state index contributed by atoms with van der Waals surface area (Å²) in [5, 5.41) is 12.6. The van der Waals surface area contributed by atoms with Gasteiger partial charge in [-0.3, -0.25) is 4.79 Å². The topological polar surface area (TPSA) is 67.8 Å². The maximum absolute atomic E-state index is 11.5. The van der Waals surface area contributed by atoms with Crippen molar-refractivity contribution in [3.63, 3.8) is 0 Å². The minimum absolute atomic E-state index is 0.0243. The van der Waals surface area contributed by atoms with Gasteiger partial charge in [-0.15, -0.1) is 0 Å². The van der Waals surface area contributed by atoms with E-state index in [1.54, 1.807) is 0 Å². The second-order valence-corrected chi connectivity index (χ2v) is 5.47. The van der Waals surface area contributed by atoms with Crippen molar-refractivity contribution < 1.29 is 19.4 Å². The van der Waals surface area contributed by atoms with Crippen LogP contribution in [0.4, 0.5) is 0 Å². The molecule has 0 aromatic carbocycles. The predicted octanol–water partition coefficient (Wildman–Crippen LogP) is 1.80. The quantitative estimate of drug-likeness (QED) is 0.627. The van der Waals surface area contributed by atoms with Crippen LogP contribution < -0.4 is 5.32 Å². The van der Waals surface area contributed by atoms with Crippen LogP contribution in [0.3, 0.4) is 0 Å². The predicted molar refractivity (Wildman–Crippen MR) is 73.3 cm³/mol. The van der Waals surface area contributed by atoms with E-state index in [-0.39, 0.29) is 12.2 Å². The van der Waals surface area contributed by atoms with Gasteiger partial charge in [-0.1, -0.05) is 6.92 Å². The smallest absolute Gasteiger partial charge is 0.323 e. The average Bonchev–Trinajstić information content (AvgIpc) is 2.77. The number of hydrogen-bond acceptors (Lipinski definition) is 4. The largest absolute Gasteiger partial charge is 0.480 e. The lowest BCUT2D eigenvalue weighted by atomic mass is 9.97. The van der Waals surface area contributed by atoms with E-state index in [2.05, 4.69) is 5.32 Å². The summed E-state index contributed by atoms with van der Waals surface area (Å²) in [5.74, 6) is -0.759. The molecule has 0 bridgehead atoms. The molecule has 1 aliphatic rings. The number of carboxylic acids is 1. The zero-order valence-electron chi connectivity index (χ0n) is 12.3. The molecule has 0 saturated heterocycles. The van der Waals surface area contributed by atoms with Gasteiger partial charge in [0.1, 0.15) is 5.54 Å². The summed E-state index contributed by atoms with van der Waals surface area (Å²) in [6.45, 7) is 7.84. The van der Waals surface area contributed by atoms with E-state index < -0.39 is 11.5 Å². The van der Waals surface area contributed by atoms with Gasteiger partial charge in [-0.2, -0.15) is 0 Å². The van der Waals surface area contributed by atoms with E-state index in [9.17, 15) is 9.90 Å². The Morgan fingerprint density at radius 3 is 2.79 bits per heavy atom. The highest BCUT2D eigenvalue weighted by atomic mass is 16.5. The Morgan fingerprint density at radius 1 is 1.47 bits per heavy atom. The molecule has 19 heavy (non-hydrogen) atoms. The van der Waals surface area contributed by atoms with E-state index in [4.69, 9.17) is 9.47 Å². The first-order valence-electron chi connectivity index (χ1n) is 7.22. The molecule has 0 aromatic heterocycles. The molecular formula is C14H27NO4. The molecule has 5 heteroatoms. The van der Waals surface area contributed by atoms with Crippen molar-refractivity contribution in [2.24, 2.45) is 0 Å². The van der Waals surface area contributed by atoms with Crippen LogP contribution in [-0.4, -0.2) is 48.6 Å². The first-order valence-corrected chi connectivity index (χ1v) is 7.22. The van der Waals surface area contributed by atoms with Gasteiger partial charge >= 0.3 is 5.97 Å². The summed E-state index contributed by atoms with van der Waals surface area (Å²) >= 11 is 0. The number of rotatable bonds is 9. The monoisotopic (exact) mass is 273 g/mol. The molecular weight excluding hydrogens is 246 g/mol. The number of ether oxygens (including phenoxy) is 2. The van der Waals surface area contributed by atoms with Gasteiger partial charge in [0.05, 0.1) is 25.4 Å². The fourth-order valence-corrected chi connectivity index (χ4v) is 2.44. The third-order valence-corrected chi connectivity index (χ3v) is 3.48. The summed E-state index contributed by atoms with van der Waals surface area (Å²) in [6.07, 6.45) is 3.14. The first-order chi connectivity index (χ1) is 9.00. The van der Waals surface area contributed by atoms with Crippen LogP contribution in [0, 0.1) is 0 Å². The molecule has 0 aromatic rings. The number of carboxylic acid groups (broad SMARTS) is 1. The highest BCUT2D eigenvalue weighted by Crippen LogP contribution is 2.32. The van der Waals surface area contributed by atoms with Crippen molar-refractivity contribution in [1.29, 1.82) is 0 Å². The van der Waals surface area contributed by atoms with Gasteiger partial charge in [0.15, 0.2) is 0 Å². The maximum atomic E-state index is 11.5. The van der Waals surface area contributed by atoms with Crippen molar-refractivity contribution >= 4 is 5.97 Å². The minimum Gasteiger partial charge on any atom is -0.480 e. The number of nitrogens with one attached hydrogen (secondary N) is 1.